The summed E-state index contributed by atoms with van der Waals surface area (Å²) in [5.41, 5.74) is 8.90. The number of methoxy groups -OCH3 is 1. The molecule has 1 heterocycles. The number of carbonyl (C=O) groups is 3. The van der Waals surface area contributed by atoms with Crippen molar-refractivity contribution in [1.29, 1.82) is 0 Å². The van der Waals surface area contributed by atoms with Crippen LogP contribution in [0.1, 0.15) is 23.1 Å². The highest BCUT2D eigenvalue weighted by molar-refractivity contribution is 7.89. The molecule has 4 aromatic carbocycles. The molecule has 0 saturated carbocycles. The fraction of sp³-hybridized carbons (Fsp3) is 0.235. The number of rotatable bonds is 9. The molecule has 0 unspecified atom stereocenters. The summed E-state index contributed by atoms with van der Waals surface area (Å²) in [5.74, 6) is 0.161. The number of ether oxygens (including phenoxy) is 1. The molecule has 6 N–H and O–H groups in total. The smallest absolute Gasteiger partial charge is 0.490 e. The number of amides is 1. The number of nitrogen functional groups attached to an aromatic ring is 1. The molecule has 5 rings (SSSR count). The van der Waals surface area contributed by atoms with Crippen LogP contribution in [0.4, 0.5) is 32.0 Å². The molecule has 0 aromatic heterocycles. The second kappa shape index (κ2) is 17.8. The third-order valence-corrected chi connectivity index (χ3v) is 9.44. The van der Waals surface area contributed by atoms with E-state index >= 15 is 0 Å². The standard InChI is InChI=1S/C30H31N5O4S.2C2HF3O2/c1-39-27-11-7-24-8-12-28(17-25(24)16-27)40(37,38)35(20-21-5-9-26(31)10-6-21)29-13-14-34(30(29)36)19-23-4-2-3-22(15-23)18-33-32;2*3-2(4,5)1(6)7/h2-12,15-18,29H,13-14,19-20,31-32H2,1H3;2*(H,6,7)/t29-;;/m0../s1. The van der Waals surface area contributed by atoms with Crippen LogP contribution in [0.5, 0.6) is 5.75 Å². The highest BCUT2D eigenvalue weighted by Gasteiger charge is 2.42. The van der Waals surface area contributed by atoms with Crippen LogP contribution in [0.2, 0.25) is 0 Å². The summed E-state index contributed by atoms with van der Waals surface area (Å²) < 4.78 is 98.5. The van der Waals surface area contributed by atoms with Crippen molar-refractivity contribution in [2.75, 3.05) is 19.4 Å². The quantitative estimate of drug-likeness (QED) is 0.0589. The maximum atomic E-state index is 14.2. The van der Waals surface area contributed by atoms with Gasteiger partial charge in [0.1, 0.15) is 11.8 Å². The lowest BCUT2D eigenvalue weighted by Gasteiger charge is -2.28. The number of carbonyl (C=O) groups excluding carboxylic acids is 1. The predicted octanol–water partition coefficient (Wildman–Crippen LogP) is 4.98. The zero-order valence-electron chi connectivity index (χ0n) is 28.1. The third kappa shape index (κ3) is 11.6. The van der Waals surface area contributed by atoms with Gasteiger partial charge in [-0.3, -0.25) is 4.79 Å². The van der Waals surface area contributed by atoms with Gasteiger partial charge in [0.25, 0.3) is 0 Å². The van der Waals surface area contributed by atoms with E-state index in [1.807, 2.05) is 36.4 Å². The summed E-state index contributed by atoms with van der Waals surface area (Å²) >= 11 is 0. The molecule has 1 saturated heterocycles. The van der Waals surface area contributed by atoms with Gasteiger partial charge in [-0.2, -0.15) is 35.7 Å². The number of likely N-dealkylation sites (tertiary alicyclic amines) is 1. The van der Waals surface area contributed by atoms with Crippen molar-refractivity contribution < 1.29 is 64.1 Å². The van der Waals surface area contributed by atoms with Gasteiger partial charge in [0.15, 0.2) is 0 Å². The monoisotopic (exact) mass is 785 g/mol. The van der Waals surface area contributed by atoms with E-state index < -0.39 is 40.4 Å². The summed E-state index contributed by atoms with van der Waals surface area (Å²) in [6, 6.07) is 24.2. The number of hydrogen-bond acceptors (Lipinski definition) is 9. The molecular formula is C34H33F6N5O8S. The van der Waals surface area contributed by atoms with Gasteiger partial charge in [-0.05, 0) is 76.3 Å². The SMILES string of the molecule is COc1ccc2ccc(S(=O)(=O)N(Cc3ccc(N)cc3)[C@H]3CCN(Cc4cccc(C=NN)c4)C3=O)cc2c1.O=C(O)C(F)(F)F.O=C(O)C(F)(F)F. The van der Waals surface area contributed by atoms with E-state index in [-0.39, 0.29) is 17.3 Å². The Kier molecular flexibility index (Phi) is 14.0. The van der Waals surface area contributed by atoms with Gasteiger partial charge >= 0.3 is 24.3 Å². The number of aliphatic carboxylic acids is 2. The molecule has 290 valence electrons. The topological polar surface area (TPSA) is 206 Å². The van der Waals surface area contributed by atoms with Crippen LogP contribution in [0.15, 0.2) is 94.9 Å². The second-order valence-electron chi connectivity index (χ2n) is 11.4. The normalized spacial score (nSPS) is 14.7. The van der Waals surface area contributed by atoms with Crippen molar-refractivity contribution in [1.82, 2.24) is 9.21 Å². The molecule has 54 heavy (non-hydrogen) atoms. The molecule has 4 aromatic rings. The number of hydrogen-bond donors (Lipinski definition) is 4. The van der Waals surface area contributed by atoms with Gasteiger partial charge in [0, 0.05) is 25.3 Å². The van der Waals surface area contributed by atoms with E-state index in [9.17, 15) is 39.6 Å². The van der Waals surface area contributed by atoms with Gasteiger partial charge < -0.3 is 31.4 Å². The third-order valence-electron chi connectivity index (χ3n) is 7.59. The van der Waals surface area contributed by atoms with E-state index in [2.05, 4.69) is 5.10 Å². The summed E-state index contributed by atoms with van der Waals surface area (Å²) in [5, 5.41) is 19.4. The lowest BCUT2D eigenvalue weighted by Crippen LogP contribution is -2.44. The largest absolute Gasteiger partial charge is 0.497 e. The van der Waals surface area contributed by atoms with Crippen molar-refractivity contribution in [3.8, 4) is 5.75 Å². The number of alkyl halides is 6. The van der Waals surface area contributed by atoms with E-state index in [1.165, 1.54) is 10.5 Å². The van der Waals surface area contributed by atoms with Crippen LogP contribution in [0.25, 0.3) is 10.8 Å². The molecule has 1 aliphatic rings. The van der Waals surface area contributed by atoms with Crippen LogP contribution in [-0.4, -0.2) is 83.9 Å². The Morgan fingerprint density at radius 2 is 1.50 bits per heavy atom. The first-order chi connectivity index (χ1) is 25.2. The number of anilines is 1. The minimum atomic E-state index is -5.08. The number of fused-ring (bicyclic) bond motifs is 1. The predicted molar refractivity (Wildman–Crippen MR) is 184 cm³/mol. The first-order valence-electron chi connectivity index (χ1n) is 15.3. The van der Waals surface area contributed by atoms with Gasteiger partial charge in [0.2, 0.25) is 15.9 Å². The Bertz CT molecular complexity index is 2070. The van der Waals surface area contributed by atoms with E-state index in [0.29, 0.717) is 30.9 Å². The highest BCUT2D eigenvalue weighted by Crippen LogP contribution is 2.31. The van der Waals surface area contributed by atoms with Crippen molar-refractivity contribution in [3.63, 3.8) is 0 Å². The average Bonchev–Trinajstić information content (AvgIpc) is 3.45. The molecule has 0 spiro atoms. The van der Waals surface area contributed by atoms with Crippen molar-refractivity contribution in [2.45, 2.75) is 42.8 Å². The molecule has 1 atom stereocenters. The van der Waals surface area contributed by atoms with E-state index in [0.717, 1.165) is 27.5 Å². The van der Waals surface area contributed by atoms with Gasteiger partial charge in [-0.15, -0.1) is 0 Å². The molecule has 1 fully saturated rings. The Balaban J connectivity index is 0.000000476. The minimum Gasteiger partial charge on any atom is -0.497 e. The van der Waals surface area contributed by atoms with Crippen LogP contribution in [-0.2, 0) is 37.5 Å². The number of benzene rings is 4. The molecule has 20 heteroatoms. The first kappa shape index (κ1) is 42.5. The van der Waals surface area contributed by atoms with Crippen LogP contribution in [0.3, 0.4) is 0 Å². The lowest BCUT2D eigenvalue weighted by atomic mass is 10.1. The number of sulfonamides is 1. The Labute approximate surface area is 304 Å². The van der Waals surface area contributed by atoms with Gasteiger partial charge in [0.05, 0.1) is 18.2 Å². The van der Waals surface area contributed by atoms with Crippen molar-refractivity contribution >= 4 is 50.5 Å². The fourth-order valence-electron chi connectivity index (χ4n) is 5.02. The second-order valence-corrected chi connectivity index (χ2v) is 13.3. The molecule has 0 radical (unpaired) electrons. The molecular weight excluding hydrogens is 752 g/mol. The number of halogens is 6. The first-order valence-corrected chi connectivity index (χ1v) is 16.8. The zero-order valence-corrected chi connectivity index (χ0v) is 28.9. The Morgan fingerprint density at radius 1 is 0.907 bits per heavy atom. The molecule has 0 aliphatic carbocycles. The maximum Gasteiger partial charge on any atom is 0.490 e. The fourth-order valence-corrected chi connectivity index (χ4v) is 6.65. The number of carboxylic acids is 2. The Hall–Kier alpha value is -5.89. The van der Waals surface area contributed by atoms with E-state index in [1.54, 1.807) is 60.5 Å². The molecule has 1 aliphatic heterocycles. The van der Waals surface area contributed by atoms with Crippen molar-refractivity contribution in [2.24, 2.45) is 10.9 Å². The highest BCUT2D eigenvalue weighted by atomic mass is 32.2. The molecule has 0 bridgehead atoms. The number of nitrogens with two attached hydrogens (primary N) is 2. The maximum absolute atomic E-state index is 14.2. The van der Waals surface area contributed by atoms with Gasteiger partial charge in [-0.1, -0.05) is 42.5 Å². The number of carboxylic acid groups (broad SMARTS) is 2. The van der Waals surface area contributed by atoms with Crippen LogP contribution >= 0.6 is 0 Å². The molecule has 1 amide bonds. The molecule has 13 nitrogen and oxygen atoms in total. The lowest BCUT2D eigenvalue weighted by molar-refractivity contribution is -0.193. The van der Waals surface area contributed by atoms with Crippen LogP contribution in [0, 0.1) is 0 Å². The zero-order chi connectivity index (χ0) is 40.4. The number of nitrogens with zero attached hydrogens (tertiary/aromatic N) is 3. The Morgan fingerprint density at radius 3 is 2.06 bits per heavy atom. The summed E-state index contributed by atoms with van der Waals surface area (Å²) in [4.78, 5) is 33.3. The number of hydrazone groups is 1. The van der Waals surface area contributed by atoms with Gasteiger partial charge in [-0.25, -0.2) is 18.0 Å². The summed E-state index contributed by atoms with van der Waals surface area (Å²) in [7, 11) is -2.50. The summed E-state index contributed by atoms with van der Waals surface area (Å²) in [6.45, 7) is 0.819. The minimum absolute atomic E-state index is 0.0332. The van der Waals surface area contributed by atoms with Crippen LogP contribution < -0.4 is 16.3 Å². The summed E-state index contributed by atoms with van der Waals surface area (Å²) in [6.07, 6.45) is -8.25. The van der Waals surface area contributed by atoms with E-state index in [4.69, 9.17) is 36.1 Å². The average molecular weight is 786 g/mol. The van der Waals surface area contributed by atoms with Crippen molar-refractivity contribution in [3.05, 3.63) is 102 Å².